The zero-order valence-corrected chi connectivity index (χ0v) is 9.02. The molecule has 2 atom stereocenters. The zero-order chi connectivity index (χ0) is 10.3. The lowest BCUT2D eigenvalue weighted by molar-refractivity contribution is 0.241. The molecular formula is C13H18N2. The summed E-state index contributed by atoms with van der Waals surface area (Å²) >= 11 is 0. The first kappa shape index (κ1) is 9.22. The molecule has 3 aliphatic rings. The first-order valence-electron chi connectivity index (χ1n) is 5.93. The van der Waals surface area contributed by atoms with Crippen LogP contribution in [0.15, 0.2) is 35.6 Å². The summed E-state index contributed by atoms with van der Waals surface area (Å²) in [6.45, 7) is 2.37. The van der Waals surface area contributed by atoms with Crippen LogP contribution in [0.3, 0.4) is 0 Å². The molecule has 2 aliphatic heterocycles. The molecule has 0 saturated carbocycles. The Hall–Kier alpha value is -1.02. The minimum Gasteiger partial charge on any atom is -0.374 e. The van der Waals surface area contributed by atoms with Crippen LogP contribution >= 0.6 is 0 Å². The second-order valence-corrected chi connectivity index (χ2v) is 4.78. The summed E-state index contributed by atoms with van der Waals surface area (Å²) in [6, 6.07) is 0.377. The predicted molar refractivity (Wildman–Crippen MR) is 62.2 cm³/mol. The Morgan fingerprint density at radius 3 is 3.00 bits per heavy atom. The van der Waals surface area contributed by atoms with E-state index in [4.69, 9.17) is 5.73 Å². The SMILES string of the molecule is N[C@@H]1CCN2CC[C@H]3C=CC=CC3=C2C1. The largest absolute Gasteiger partial charge is 0.374 e. The fourth-order valence-electron chi connectivity index (χ4n) is 2.92. The third-order valence-electron chi connectivity index (χ3n) is 3.78. The monoisotopic (exact) mass is 202 g/mol. The van der Waals surface area contributed by atoms with E-state index in [0.717, 1.165) is 19.4 Å². The second-order valence-electron chi connectivity index (χ2n) is 4.78. The van der Waals surface area contributed by atoms with Crippen LogP contribution < -0.4 is 5.73 Å². The lowest BCUT2D eigenvalue weighted by atomic mass is 9.83. The Morgan fingerprint density at radius 2 is 2.07 bits per heavy atom. The van der Waals surface area contributed by atoms with Gasteiger partial charge in [0.05, 0.1) is 0 Å². The van der Waals surface area contributed by atoms with Crippen LogP contribution in [0.5, 0.6) is 0 Å². The summed E-state index contributed by atoms with van der Waals surface area (Å²) in [6.07, 6.45) is 12.4. The van der Waals surface area contributed by atoms with Gasteiger partial charge in [-0.15, -0.1) is 0 Å². The van der Waals surface area contributed by atoms with Crippen molar-refractivity contribution in [1.29, 1.82) is 0 Å². The molecule has 80 valence electrons. The molecule has 0 bridgehead atoms. The summed E-state index contributed by atoms with van der Waals surface area (Å²) in [4.78, 5) is 2.54. The van der Waals surface area contributed by atoms with Gasteiger partial charge in [0.2, 0.25) is 0 Å². The van der Waals surface area contributed by atoms with Crippen molar-refractivity contribution in [2.75, 3.05) is 13.1 Å². The number of rotatable bonds is 0. The molecule has 1 fully saturated rings. The third-order valence-corrected chi connectivity index (χ3v) is 3.78. The lowest BCUT2D eigenvalue weighted by Crippen LogP contribution is -2.42. The van der Waals surface area contributed by atoms with Gasteiger partial charge in [0.1, 0.15) is 0 Å². The summed E-state index contributed by atoms with van der Waals surface area (Å²) in [5.41, 5.74) is 9.11. The first-order valence-corrected chi connectivity index (χ1v) is 5.93. The van der Waals surface area contributed by atoms with Crippen molar-refractivity contribution in [2.24, 2.45) is 11.7 Å². The molecule has 0 aromatic rings. The summed E-state index contributed by atoms with van der Waals surface area (Å²) in [5, 5.41) is 0. The highest BCUT2D eigenvalue weighted by atomic mass is 15.2. The first-order chi connectivity index (χ1) is 7.34. The summed E-state index contributed by atoms with van der Waals surface area (Å²) in [5.74, 6) is 0.659. The van der Waals surface area contributed by atoms with E-state index in [-0.39, 0.29) is 0 Å². The van der Waals surface area contributed by atoms with Crippen molar-refractivity contribution in [3.05, 3.63) is 35.6 Å². The Morgan fingerprint density at radius 1 is 1.20 bits per heavy atom. The van der Waals surface area contributed by atoms with Crippen LogP contribution in [0.1, 0.15) is 19.3 Å². The number of allylic oxidation sites excluding steroid dienone is 5. The average Bonchev–Trinajstić information content (AvgIpc) is 2.29. The molecule has 3 rings (SSSR count). The van der Waals surface area contributed by atoms with Crippen molar-refractivity contribution >= 4 is 0 Å². The molecule has 2 nitrogen and oxygen atoms in total. The number of fused-ring (bicyclic) bond motifs is 2. The molecule has 1 aliphatic carbocycles. The van der Waals surface area contributed by atoms with Crippen LogP contribution in [-0.4, -0.2) is 24.0 Å². The van der Waals surface area contributed by atoms with E-state index < -0.39 is 0 Å². The van der Waals surface area contributed by atoms with Gasteiger partial charge in [-0.2, -0.15) is 0 Å². The normalized spacial score (nSPS) is 34.1. The van der Waals surface area contributed by atoms with Gasteiger partial charge in [-0.05, 0) is 18.4 Å². The van der Waals surface area contributed by atoms with Gasteiger partial charge >= 0.3 is 0 Å². The fraction of sp³-hybridized carbons (Fsp3) is 0.538. The van der Waals surface area contributed by atoms with Crippen LogP contribution in [0, 0.1) is 5.92 Å². The zero-order valence-electron chi connectivity index (χ0n) is 9.02. The van der Waals surface area contributed by atoms with Gasteiger partial charge in [-0.3, -0.25) is 0 Å². The van der Waals surface area contributed by atoms with E-state index in [2.05, 4.69) is 29.2 Å². The number of piperidine rings is 1. The topological polar surface area (TPSA) is 29.3 Å². The molecule has 0 amide bonds. The van der Waals surface area contributed by atoms with Gasteiger partial charge in [-0.1, -0.05) is 24.3 Å². The maximum Gasteiger partial charge on any atom is 0.0189 e. The molecule has 2 N–H and O–H groups in total. The number of nitrogens with two attached hydrogens (primary N) is 1. The summed E-state index contributed by atoms with van der Waals surface area (Å²) < 4.78 is 0. The number of hydrogen-bond donors (Lipinski definition) is 1. The number of hydrogen-bond acceptors (Lipinski definition) is 2. The minimum atomic E-state index is 0.377. The quantitative estimate of drug-likeness (QED) is 0.649. The molecule has 15 heavy (non-hydrogen) atoms. The maximum atomic E-state index is 6.06. The van der Waals surface area contributed by atoms with E-state index in [0.29, 0.717) is 12.0 Å². The van der Waals surface area contributed by atoms with Gasteiger partial charge in [0.25, 0.3) is 0 Å². The fourth-order valence-corrected chi connectivity index (χ4v) is 2.92. The highest BCUT2D eigenvalue weighted by Gasteiger charge is 2.29. The Bertz CT molecular complexity index is 352. The average molecular weight is 202 g/mol. The van der Waals surface area contributed by atoms with Crippen molar-refractivity contribution in [2.45, 2.75) is 25.3 Å². The van der Waals surface area contributed by atoms with Gasteiger partial charge < -0.3 is 10.6 Å². The van der Waals surface area contributed by atoms with Crippen LogP contribution in [-0.2, 0) is 0 Å². The predicted octanol–water partition coefficient (Wildman–Crippen LogP) is 1.81. The van der Waals surface area contributed by atoms with Gasteiger partial charge in [0, 0.05) is 37.2 Å². The van der Waals surface area contributed by atoms with Crippen molar-refractivity contribution < 1.29 is 0 Å². The molecule has 0 aromatic carbocycles. The van der Waals surface area contributed by atoms with E-state index in [9.17, 15) is 0 Å². The van der Waals surface area contributed by atoms with E-state index in [1.54, 1.807) is 0 Å². The smallest absolute Gasteiger partial charge is 0.0189 e. The molecule has 1 saturated heterocycles. The number of nitrogens with zero attached hydrogens (tertiary/aromatic N) is 1. The van der Waals surface area contributed by atoms with Crippen LogP contribution in [0.2, 0.25) is 0 Å². The van der Waals surface area contributed by atoms with Gasteiger partial charge in [-0.25, -0.2) is 0 Å². The lowest BCUT2D eigenvalue weighted by Gasteiger charge is -2.41. The van der Waals surface area contributed by atoms with E-state index >= 15 is 0 Å². The molecule has 0 unspecified atom stereocenters. The highest BCUT2D eigenvalue weighted by Crippen LogP contribution is 2.35. The van der Waals surface area contributed by atoms with Gasteiger partial charge in [0.15, 0.2) is 0 Å². The molecular weight excluding hydrogens is 184 g/mol. The third kappa shape index (κ3) is 1.53. The summed E-state index contributed by atoms with van der Waals surface area (Å²) in [7, 11) is 0. The minimum absolute atomic E-state index is 0.377. The van der Waals surface area contributed by atoms with Crippen LogP contribution in [0.25, 0.3) is 0 Å². The van der Waals surface area contributed by atoms with Crippen molar-refractivity contribution in [1.82, 2.24) is 4.90 Å². The Balaban J connectivity index is 1.98. The van der Waals surface area contributed by atoms with Crippen LogP contribution in [0.4, 0.5) is 0 Å². The van der Waals surface area contributed by atoms with Crippen molar-refractivity contribution in [3.63, 3.8) is 0 Å². The molecule has 2 heteroatoms. The molecule has 0 radical (unpaired) electrons. The molecule has 0 spiro atoms. The second kappa shape index (κ2) is 3.53. The Labute approximate surface area is 91.1 Å². The standard InChI is InChI=1S/C13H18N2/c14-11-6-8-15-7-5-10-3-1-2-4-12(10)13(15)9-11/h1-4,10-11H,5-9,14H2/t10-,11-/m1/s1. The van der Waals surface area contributed by atoms with E-state index in [1.807, 2.05) is 0 Å². The highest BCUT2D eigenvalue weighted by molar-refractivity contribution is 5.38. The molecule has 2 heterocycles. The molecule has 0 aromatic heterocycles. The Kier molecular flexibility index (Phi) is 2.17. The van der Waals surface area contributed by atoms with E-state index in [1.165, 1.54) is 24.2 Å². The van der Waals surface area contributed by atoms with Crippen molar-refractivity contribution in [3.8, 4) is 0 Å². The maximum absolute atomic E-state index is 6.06.